The van der Waals surface area contributed by atoms with E-state index in [1.807, 2.05) is 6.92 Å². The number of hydrogen-bond donors (Lipinski definition) is 2. The van der Waals surface area contributed by atoms with Crippen molar-refractivity contribution in [3.05, 3.63) is 0 Å². The van der Waals surface area contributed by atoms with Crippen LogP contribution in [0.4, 0.5) is 0 Å². The smallest absolute Gasteiger partial charge is 0.311 e. The maximum Gasteiger partial charge on any atom is 0.311 e. The summed E-state index contributed by atoms with van der Waals surface area (Å²) < 4.78 is 0. The van der Waals surface area contributed by atoms with E-state index in [4.69, 9.17) is 0 Å². The van der Waals surface area contributed by atoms with Gasteiger partial charge >= 0.3 is 5.97 Å². The van der Waals surface area contributed by atoms with E-state index in [0.29, 0.717) is 25.9 Å². The van der Waals surface area contributed by atoms with Gasteiger partial charge in [-0.2, -0.15) is 0 Å². The molecule has 5 nitrogen and oxygen atoms in total. The highest BCUT2D eigenvalue weighted by molar-refractivity contribution is 5.83. The second-order valence-electron chi connectivity index (χ2n) is 6.55. The van der Waals surface area contributed by atoms with Gasteiger partial charge in [0, 0.05) is 13.1 Å². The summed E-state index contributed by atoms with van der Waals surface area (Å²) in [6.45, 7) is 3.99. The lowest BCUT2D eigenvalue weighted by atomic mass is 9.76. The van der Waals surface area contributed by atoms with Gasteiger partial charge in [0.15, 0.2) is 0 Å². The van der Waals surface area contributed by atoms with E-state index >= 15 is 0 Å². The van der Waals surface area contributed by atoms with Gasteiger partial charge in [-0.05, 0) is 38.6 Å². The third-order valence-corrected chi connectivity index (χ3v) is 4.93. The van der Waals surface area contributed by atoms with Crippen molar-refractivity contribution < 1.29 is 14.7 Å². The van der Waals surface area contributed by atoms with E-state index in [0.717, 1.165) is 38.6 Å². The zero-order valence-electron chi connectivity index (χ0n) is 13.1. The van der Waals surface area contributed by atoms with Crippen LogP contribution in [0.15, 0.2) is 0 Å². The number of carboxylic acids is 1. The summed E-state index contributed by atoms with van der Waals surface area (Å²) >= 11 is 0. The highest BCUT2D eigenvalue weighted by Gasteiger charge is 2.43. The molecule has 2 aliphatic heterocycles. The minimum Gasteiger partial charge on any atom is -0.481 e. The molecule has 0 aliphatic carbocycles. The predicted octanol–water partition coefficient (Wildman–Crippen LogP) is 2.01. The number of amides is 1. The maximum atomic E-state index is 12.7. The van der Waals surface area contributed by atoms with E-state index in [-0.39, 0.29) is 11.9 Å². The molecule has 0 radical (unpaired) electrons. The molecule has 2 rings (SSSR count). The molecule has 0 spiro atoms. The Hall–Kier alpha value is -1.10. The molecule has 2 atom stereocenters. The number of carbonyl (C=O) groups is 2. The molecule has 2 aliphatic rings. The van der Waals surface area contributed by atoms with Crippen molar-refractivity contribution in [3.63, 3.8) is 0 Å². The van der Waals surface area contributed by atoms with Gasteiger partial charge in [-0.3, -0.25) is 9.59 Å². The first-order valence-electron chi connectivity index (χ1n) is 8.34. The lowest BCUT2D eigenvalue weighted by Gasteiger charge is -2.41. The van der Waals surface area contributed by atoms with Crippen molar-refractivity contribution >= 4 is 11.9 Å². The number of nitrogens with one attached hydrogen (secondary N) is 1. The normalized spacial score (nSPS) is 30.7. The van der Waals surface area contributed by atoms with E-state index < -0.39 is 11.4 Å². The Balaban J connectivity index is 2.05. The predicted molar refractivity (Wildman–Crippen MR) is 81.0 cm³/mol. The summed E-state index contributed by atoms with van der Waals surface area (Å²) in [5.74, 6) is -0.631. The molecule has 21 heavy (non-hydrogen) atoms. The summed E-state index contributed by atoms with van der Waals surface area (Å²) in [6, 6.07) is -0.112. The molecule has 120 valence electrons. The van der Waals surface area contributed by atoms with Crippen molar-refractivity contribution in [2.45, 2.75) is 64.3 Å². The molecule has 2 unspecified atom stereocenters. The van der Waals surface area contributed by atoms with Crippen LogP contribution in [0, 0.1) is 5.41 Å². The maximum absolute atomic E-state index is 12.7. The largest absolute Gasteiger partial charge is 0.481 e. The molecular formula is C16H28N2O3. The first-order chi connectivity index (χ1) is 10.1. The van der Waals surface area contributed by atoms with Crippen molar-refractivity contribution in [3.8, 4) is 0 Å². The number of nitrogens with zero attached hydrogens (tertiary/aromatic N) is 1. The zero-order chi connectivity index (χ0) is 15.3. The van der Waals surface area contributed by atoms with Crippen LogP contribution in [0.1, 0.15) is 58.3 Å². The van der Waals surface area contributed by atoms with Crippen LogP contribution >= 0.6 is 0 Å². The first kappa shape index (κ1) is 16.3. The average molecular weight is 296 g/mol. The quantitative estimate of drug-likeness (QED) is 0.832. The van der Waals surface area contributed by atoms with Crippen LogP contribution in [0.3, 0.4) is 0 Å². The van der Waals surface area contributed by atoms with Gasteiger partial charge in [0.1, 0.15) is 0 Å². The second-order valence-corrected chi connectivity index (χ2v) is 6.55. The molecule has 2 N–H and O–H groups in total. The summed E-state index contributed by atoms with van der Waals surface area (Å²) in [5.41, 5.74) is -0.729. The van der Waals surface area contributed by atoms with Crippen molar-refractivity contribution in [2.24, 2.45) is 5.41 Å². The van der Waals surface area contributed by atoms with Crippen LogP contribution < -0.4 is 5.32 Å². The molecule has 2 heterocycles. The van der Waals surface area contributed by atoms with Gasteiger partial charge in [0.05, 0.1) is 11.5 Å². The summed E-state index contributed by atoms with van der Waals surface area (Å²) in [7, 11) is 0. The SMILES string of the molecule is CCCC1(C(=O)O)CCCN(C(=O)C2CCCCCN2)C1. The Morgan fingerprint density at radius 1 is 1.29 bits per heavy atom. The fourth-order valence-electron chi connectivity index (χ4n) is 3.74. The average Bonchev–Trinajstić information content (AvgIpc) is 2.76. The number of carbonyl (C=O) groups excluding carboxylic acids is 1. The molecule has 0 bridgehead atoms. The lowest BCUT2D eigenvalue weighted by molar-refractivity contribution is -0.156. The zero-order valence-corrected chi connectivity index (χ0v) is 13.1. The van der Waals surface area contributed by atoms with E-state index in [9.17, 15) is 14.7 Å². The number of hydrogen-bond acceptors (Lipinski definition) is 3. The fourth-order valence-corrected chi connectivity index (χ4v) is 3.74. The van der Waals surface area contributed by atoms with Crippen LogP contribution in [0.2, 0.25) is 0 Å². The Kier molecular flexibility index (Phi) is 5.62. The van der Waals surface area contributed by atoms with Crippen LogP contribution in [-0.4, -0.2) is 47.6 Å². The molecule has 0 aromatic rings. The third-order valence-electron chi connectivity index (χ3n) is 4.93. The topological polar surface area (TPSA) is 69.6 Å². The van der Waals surface area contributed by atoms with Crippen molar-refractivity contribution in [2.75, 3.05) is 19.6 Å². The van der Waals surface area contributed by atoms with Crippen LogP contribution in [0.5, 0.6) is 0 Å². The highest BCUT2D eigenvalue weighted by atomic mass is 16.4. The first-order valence-corrected chi connectivity index (χ1v) is 8.34. The van der Waals surface area contributed by atoms with Crippen molar-refractivity contribution in [1.82, 2.24) is 10.2 Å². The number of carboxylic acid groups (broad SMARTS) is 1. The standard InChI is InChI=1S/C16H28N2O3/c1-2-8-16(15(20)21)9-6-11-18(12-16)14(19)13-7-4-3-5-10-17-13/h13,17H,2-12H2,1H3,(H,20,21). The third kappa shape index (κ3) is 3.76. The minimum atomic E-state index is -0.740. The molecular weight excluding hydrogens is 268 g/mol. The second kappa shape index (κ2) is 7.25. The van der Waals surface area contributed by atoms with E-state index in [2.05, 4.69) is 5.32 Å². The fraction of sp³-hybridized carbons (Fsp3) is 0.875. The molecule has 0 aromatic heterocycles. The molecule has 5 heteroatoms. The van der Waals surface area contributed by atoms with Gasteiger partial charge in [-0.25, -0.2) is 0 Å². The molecule has 0 saturated carbocycles. The molecule has 0 aromatic carbocycles. The Bertz CT molecular complexity index is 374. The Labute approximate surface area is 127 Å². The highest BCUT2D eigenvalue weighted by Crippen LogP contribution is 2.35. The number of rotatable bonds is 4. The van der Waals surface area contributed by atoms with Crippen molar-refractivity contribution in [1.29, 1.82) is 0 Å². The monoisotopic (exact) mass is 296 g/mol. The van der Waals surface area contributed by atoms with Gasteiger partial charge in [0.25, 0.3) is 0 Å². The van der Waals surface area contributed by atoms with Crippen LogP contribution in [0.25, 0.3) is 0 Å². The summed E-state index contributed by atoms with van der Waals surface area (Å²) in [5, 5.41) is 12.9. The van der Waals surface area contributed by atoms with Crippen LogP contribution in [-0.2, 0) is 9.59 Å². The minimum absolute atomic E-state index is 0.110. The van der Waals surface area contributed by atoms with E-state index in [1.165, 1.54) is 6.42 Å². The van der Waals surface area contributed by atoms with Gasteiger partial charge < -0.3 is 15.3 Å². The Morgan fingerprint density at radius 3 is 2.81 bits per heavy atom. The summed E-state index contributed by atoms with van der Waals surface area (Å²) in [6.07, 6.45) is 7.24. The Morgan fingerprint density at radius 2 is 2.10 bits per heavy atom. The lowest BCUT2D eigenvalue weighted by Crippen LogP contribution is -2.54. The van der Waals surface area contributed by atoms with Gasteiger partial charge in [0.2, 0.25) is 5.91 Å². The van der Waals surface area contributed by atoms with Gasteiger partial charge in [-0.1, -0.05) is 26.2 Å². The van der Waals surface area contributed by atoms with Gasteiger partial charge in [-0.15, -0.1) is 0 Å². The number of likely N-dealkylation sites (tertiary alicyclic amines) is 1. The molecule has 1 amide bonds. The van der Waals surface area contributed by atoms with E-state index in [1.54, 1.807) is 4.90 Å². The molecule has 2 saturated heterocycles. The summed E-state index contributed by atoms with van der Waals surface area (Å²) in [4.78, 5) is 26.2. The number of piperidine rings is 1. The number of aliphatic carboxylic acids is 1. The molecule has 2 fully saturated rings.